The zero-order chi connectivity index (χ0) is 23.6. The Morgan fingerprint density at radius 2 is 1.70 bits per heavy atom. The number of rotatable bonds is 10. The van der Waals surface area contributed by atoms with Gasteiger partial charge in [-0.25, -0.2) is 0 Å². The number of halogens is 3. The molecule has 0 aliphatic carbocycles. The van der Waals surface area contributed by atoms with Crippen molar-refractivity contribution in [1.29, 1.82) is 0 Å². The van der Waals surface area contributed by atoms with Gasteiger partial charge in [-0.3, -0.25) is 4.18 Å². The van der Waals surface area contributed by atoms with Gasteiger partial charge in [0.1, 0.15) is 25.1 Å². The Kier molecular flexibility index (Phi) is 8.96. The summed E-state index contributed by atoms with van der Waals surface area (Å²) in [5.74, 6) is -1.19. The van der Waals surface area contributed by atoms with Crippen LogP contribution < -0.4 is 0 Å². The number of methoxy groups -OCH3 is 1. The first-order valence-electron chi connectivity index (χ1n) is 9.39. The molecule has 0 aromatic rings. The van der Waals surface area contributed by atoms with Gasteiger partial charge in [0.25, 0.3) is 0 Å². The Morgan fingerprint density at radius 3 is 2.17 bits per heavy atom. The molecule has 0 aromatic heterocycles. The molecule has 1 heterocycles. The molecule has 0 unspecified atom stereocenters. The topological polar surface area (TPSA) is 89.5 Å². The average molecular weight is 483 g/mol. The molecule has 30 heavy (non-hydrogen) atoms. The van der Waals surface area contributed by atoms with Crippen molar-refractivity contribution < 1.29 is 49.1 Å². The van der Waals surface area contributed by atoms with Crippen molar-refractivity contribution in [2.24, 2.45) is 0 Å². The van der Waals surface area contributed by atoms with Crippen molar-refractivity contribution in [2.75, 3.05) is 27.1 Å². The molecule has 1 aliphatic rings. The lowest BCUT2D eigenvalue weighted by molar-refractivity contribution is -0.160. The van der Waals surface area contributed by atoms with Gasteiger partial charge in [0.05, 0.1) is 13.2 Å². The molecule has 13 heteroatoms. The third-order valence-corrected chi connectivity index (χ3v) is 10.6. The van der Waals surface area contributed by atoms with Crippen molar-refractivity contribution >= 4 is 18.4 Å². The maximum atomic E-state index is 13.0. The lowest BCUT2D eigenvalue weighted by Crippen LogP contribution is -2.49. The Labute approximate surface area is 177 Å². The van der Waals surface area contributed by atoms with E-state index >= 15 is 0 Å². The van der Waals surface area contributed by atoms with Gasteiger partial charge >= 0.3 is 15.6 Å². The third kappa shape index (κ3) is 7.40. The van der Waals surface area contributed by atoms with E-state index in [1.165, 1.54) is 7.11 Å². The van der Waals surface area contributed by atoms with Gasteiger partial charge in [-0.15, -0.1) is 0 Å². The third-order valence-electron chi connectivity index (χ3n) is 5.02. The molecular formula is C17H33F3O8SSi. The number of hydrogen-bond acceptors (Lipinski definition) is 8. The fourth-order valence-electron chi connectivity index (χ4n) is 2.46. The summed E-state index contributed by atoms with van der Waals surface area (Å²) in [6.45, 7) is 12.1. The second-order valence-corrected chi connectivity index (χ2v) is 15.4. The van der Waals surface area contributed by atoms with Crippen molar-refractivity contribution in [3.8, 4) is 0 Å². The van der Waals surface area contributed by atoms with Gasteiger partial charge in [0.2, 0.25) is 0 Å². The van der Waals surface area contributed by atoms with Crippen LogP contribution in [0.1, 0.15) is 34.6 Å². The van der Waals surface area contributed by atoms with Crippen molar-refractivity contribution in [2.45, 2.75) is 82.4 Å². The zero-order valence-electron chi connectivity index (χ0n) is 18.7. The van der Waals surface area contributed by atoms with Crippen LogP contribution in [0.25, 0.3) is 0 Å². The van der Waals surface area contributed by atoms with Crippen LogP contribution in [0.3, 0.4) is 0 Å². The van der Waals surface area contributed by atoms with Crippen LogP contribution in [0.15, 0.2) is 0 Å². The van der Waals surface area contributed by atoms with Gasteiger partial charge in [0, 0.05) is 7.11 Å². The highest BCUT2D eigenvalue weighted by Gasteiger charge is 2.53. The first-order valence-corrected chi connectivity index (χ1v) is 13.7. The lowest BCUT2D eigenvalue weighted by Gasteiger charge is -2.38. The van der Waals surface area contributed by atoms with E-state index in [9.17, 15) is 21.6 Å². The van der Waals surface area contributed by atoms with Gasteiger partial charge in [-0.2, -0.15) is 21.6 Å². The molecule has 180 valence electrons. The molecule has 1 saturated heterocycles. The molecule has 0 aromatic carbocycles. The van der Waals surface area contributed by atoms with Crippen molar-refractivity contribution in [1.82, 2.24) is 0 Å². The summed E-state index contributed by atoms with van der Waals surface area (Å²) in [6, 6.07) is 0. The summed E-state index contributed by atoms with van der Waals surface area (Å²) in [6.07, 6.45) is -3.67. The standard InChI is InChI=1S/C17H33F3O8SSi/c1-15(2,3)30(7,8)25-10-13(28-29(21,22)17(18,19)20)14-12(9-24-11-23-6)26-16(4,5)27-14/h12-14H,9-11H2,1-8H3/t12-,13-,14+/m1/s1. The Bertz CT molecular complexity index is 661. The zero-order valence-corrected chi connectivity index (χ0v) is 20.5. The maximum Gasteiger partial charge on any atom is 0.523 e. The lowest BCUT2D eigenvalue weighted by atomic mass is 10.1. The van der Waals surface area contributed by atoms with Crippen LogP contribution in [0, 0.1) is 0 Å². The summed E-state index contributed by atoms with van der Waals surface area (Å²) >= 11 is 0. The van der Waals surface area contributed by atoms with Crippen molar-refractivity contribution in [3.05, 3.63) is 0 Å². The number of hydrogen-bond donors (Lipinski definition) is 0. The molecule has 0 saturated carbocycles. The van der Waals surface area contributed by atoms with Crippen LogP contribution in [0.2, 0.25) is 18.1 Å². The first-order chi connectivity index (χ1) is 13.3. The minimum atomic E-state index is -5.89. The van der Waals surface area contributed by atoms with Gasteiger partial charge in [-0.1, -0.05) is 20.8 Å². The molecule has 0 spiro atoms. The first kappa shape index (κ1) is 27.8. The van der Waals surface area contributed by atoms with Gasteiger partial charge in [0.15, 0.2) is 14.1 Å². The SMILES string of the molecule is COCOC[C@H]1OC(C)(C)O[C@@H]1[C@@H](CO[Si](C)(C)C(C)(C)C)OS(=O)(=O)C(F)(F)F. The molecule has 1 rings (SSSR count). The highest BCUT2D eigenvalue weighted by atomic mass is 32.2. The highest BCUT2D eigenvalue weighted by Crippen LogP contribution is 2.38. The Balaban J connectivity index is 3.17. The van der Waals surface area contributed by atoms with E-state index in [-0.39, 0.29) is 18.4 Å². The molecule has 0 N–H and O–H groups in total. The predicted octanol–water partition coefficient (Wildman–Crippen LogP) is 3.38. The summed E-state index contributed by atoms with van der Waals surface area (Å²) < 4.78 is 94.4. The molecule has 0 radical (unpaired) electrons. The Morgan fingerprint density at radius 1 is 1.13 bits per heavy atom. The fourth-order valence-corrected chi connectivity index (χ4v) is 4.07. The second-order valence-electron chi connectivity index (χ2n) is 9.02. The monoisotopic (exact) mass is 482 g/mol. The molecule has 8 nitrogen and oxygen atoms in total. The fraction of sp³-hybridized carbons (Fsp3) is 1.00. The molecule has 1 aliphatic heterocycles. The molecule has 3 atom stereocenters. The van der Waals surface area contributed by atoms with E-state index in [1.54, 1.807) is 13.8 Å². The van der Waals surface area contributed by atoms with E-state index in [0.717, 1.165) is 0 Å². The maximum absolute atomic E-state index is 13.0. The van der Waals surface area contributed by atoms with Crippen LogP contribution in [0.4, 0.5) is 13.2 Å². The Hall–Kier alpha value is -0.283. The minimum Gasteiger partial charge on any atom is -0.414 e. The van der Waals surface area contributed by atoms with Crippen LogP contribution in [0.5, 0.6) is 0 Å². The minimum absolute atomic E-state index is 0.0835. The molecular weight excluding hydrogens is 449 g/mol. The van der Waals surface area contributed by atoms with E-state index < -0.39 is 54.6 Å². The highest BCUT2D eigenvalue weighted by molar-refractivity contribution is 7.87. The molecule has 0 bridgehead atoms. The summed E-state index contributed by atoms with van der Waals surface area (Å²) in [4.78, 5) is 0. The average Bonchev–Trinajstić information content (AvgIpc) is 2.84. The van der Waals surface area contributed by atoms with E-state index in [0.29, 0.717) is 0 Å². The van der Waals surface area contributed by atoms with E-state index in [4.69, 9.17) is 23.4 Å². The van der Waals surface area contributed by atoms with Gasteiger partial charge in [-0.05, 0) is 32.0 Å². The van der Waals surface area contributed by atoms with Crippen LogP contribution in [-0.2, 0) is 37.7 Å². The van der Waals surface area contributed by atoms with Crippen LogP contribution in [-0.4, -0.2) is 73.5 Å². The summed E-state index contributed by atoms with van der Waals surface area (Å²) in [7, 11) is -6.92. The normalized spacial score (nSPS) is 24.2. The number of ether oxygens (including phenoxy) is 4. The van der Waals surface area contributed by atoms with Crippen molar-refractivity contribution in [3.63, 3.8) is 0 Å². The number of alkyl halides is 3. The largest absolute Gasteiger partial charge is 0.523 e. The van der Waals surface area contributed by atoms with Crippen LogP contribution >= 0.6 is 0 Å². The second kappa shape index (κ2) is 9.69. The summed E-state index contributed by atoms with van der Waals surface area (Å²) in [5.41, 5.74) is -5.58. The molecule has 0 amide bonds. The van der Waals surface area contributed by atoms with E-state index in [2.05, 4.69) is 4.18 Å². The smallest absolute Gasteiger partial charge is 0.414 e. The molecule has 1 fully saturated rings. The van der Waals surface area contributed by atoms with Gasteiger partial charge < -0.3 is 23.4 Å². The predicted molar refractivity (Wildman–Crippen MR) is 105 cm³/mol. The quantitative estimate of drug-likeness (QED) is 0.154. The summed E-state index contributed by atoms with van der Waals surface area (Å²) in [5, 5.41) is -0.256. The van der Waals surface area contributed by atoms with E-state index in [1.807, 2.05) is 33.9 Å².